The molecule has 2 nitrogen and oxygen atoms in total. The quantitative estimate of drug-likeness (QED) is 0.766. The number of halogens is 1. The first-order valence-corrected chi connectivity index (χ1v) is 6.51. The lowest BCUT2D eigenvalue weighted by atomic mass is 9.89. The molecular weight excluding hydrogens is 229 g/mol. The Morgan fingerprint density at radius 3 is 2.61 bits per heavy atom. The number of ketones is 1. The summed E-state index contributed by atoms with van der Waals surface area (Å²) in [6.07, 6.45) is 1.08. The largest absolute Gasteiger partial charge is 0.306 e. The van der Waals surface area contributed by atoms with Crippen molar-refractivity contribution in [1.82, 2.24) is 4.90 Å². The smallest absolute Gasteiger partial charge is 0.159 e. The summed E-state index contributed by atoms with van der Waals surface area (Å²) in [5, 5.41) is 0. The summed E-state index contributed by atoms with van der Waals surface area (Å²) in [6.45, 7) is 3.40. The van der Waals surface area contributed by atoms with Gasteiger partial charge in [0.15, 0.2) is 5.78 Å². The summed E-state index contributed by atoms with van der Waals surface area (Å²) >= 11 is 0. The van der Waals surface area contributed by atoms with Gasteiger partial charge in [0.2, 0.25) is 0 Å². The number of hydrogen-bond donors (Lipinski definition) is 0. The molecule has 1 fully saturated rings. The normalized spacial score (nSPS) is 22.7. The molecule has 0 amide bonds. The molecule has 18 heavy (non-hydrogen) atoms. The summed E-state index contributed by atoms with van der Waals surface area (Å²) in [6, 6.07) is 6.93. The monoisotopic (exact) mass is 249 g/mol. The van der Waals surface area contributed by atoms with Crippen molar-refractivity contribution in [2.45, 2.75) is 25.9 Å². The van der Waals surface area contributed by atoms with Crippen LogP contribution in [0.1, 0.15) is 41.9 Å². The number of likely N-dealkylation sites (tertiary alicyclic amines) is 1. The average Bonchev–Trinajstić information content (AvgIpc) is 2.38. The first kappa shape index (κ1) is 13.2. The molecular formula is C15H20FNO. The van der Waals surface area contributed by atoms with E-state index in [1.807, 2.05) is 7.05 Å². The number of Topliss-reactive ketones (excluding diaryl/α,β-unsaturated/α-hetero) is 1. The Morgan fingerprint density at radius 1 is 1.39 bits per heavy atom. The number of hydrogen-bond acceptors (Lipinski definition) is 2. The van der Waals surface area contributed by atoms with Gasteiger partial charge in [-0.3, -0.25) is 4.79 Å². The van der Waals surface area contributed by atoms with E-state index in [-0.39, 0.29) is 11.7 Å². The third kappa shape index (κ3) is 2.96. The van der Waals surface area contributed by atoms with E-state index in [0.29, 0.717) is 11.1 Å². The number of alkyl halides is 1. The molecule has 0 N–H and O–H groups in total. The number of carbonyl (C=O) groups is 1. The summed E-state index contributed by atoms with van der Waals surface area (Å²) in [7, 11) is 2.04. The third-order valence-corrected chi connectivity index (χ3v) is 3.71. The van der Waals surface area contributed by atoms with Gasteiger partial charge < -0.3 is 4.90 Å². The maximum Gasteiger partial charge on any atom is 0.159 e. The highest BCUT2D eigenvalue weighted by Crippen LogP contribution is 2.32. The lowest BCUT2D eigenvalue weighted by molar-refractivity contribution is 0.101. The number of rotatable bonds is 3. The molecule has 2 unspecified atom stereocenters. The van der Waals surface area contributed by atoms with Crippen LogP contribution in [0, 0.1) is 5.92 Å². The second-order valence-corrected chi connectivity index (χ2v) is 5.24. The topological polar surface area (TPSA) is 20.3 Å². The molecule has 2 atom stereocenters. The van der Waals surface area contributed by atoms with Crippen LogP contribution in [0.2, 0.25) is 0 Å². The minimum Gasteiger partial charge on any atom is -0.306 e. The molecule has 98 valence electrons. The average molecular weight is 249 g/mol. The standard InChI is InChI=1S/C15H20FNO/c1-11(18)12-5-7-13(8-6-12)15(16)14-4-3-9-17(2)10-14/h5-8,14-15H,3-4,9-10H2,1-2H3. The lowest BCUT2D eigenvalue weighted by Crippen LogP contribution is -2.34. The highest BCUT2D eigenvalue weighted by atomic mass is 19.1. The van der Waals surface area contributed by atoms with Crippen LogP contribution in [0.4, 0.5) is 4.39 Å². The van der Waals surface area contributed by atoms with Crippen LogP contribution in [-0.4, -0.2) is 30.8 Å². The zero-order chi connectivity index (χ0) is 13.1. The predicted molar refractivity (Wildman–Crippen MR) is 70.5 cm³/mol. The van der Waals surface area contributed by atoms with Crippen LogP contribution in [0.15, 0.2) is 24.3 Å². The van der Waals surface area contributed by atoms with E-state index < -0.39 is 6.17 Å². The van der Waals surface area contributed by atoms with E-state index in [2.05, 4.69) is 4.90 Å². The lowest BCUT2D eigenvalue weighted by Gasteiger charge is -2.31. The molecule has 1 aliphatic heterocycles. The minimum atomic E-state index is -0.922. The first-order chi connectivity index (χ1) is 8.58. The van der Waals surface area contributed by atoms with Gasteiger partial charge >= 0.3 is 0 Å². The van der Waals surface area contributed by atoms with Gasteiger partial charge in [-0.2, -0.15) is 0 Å². The van der Waals surface area contributed by atoms with Crippen LogP contribution >= 0.6 is 0 Å². The second kappa shape index (κ2) is 5.61. The van der Waals surface area contributed by atoms with Crippen molar-refractivity contribution < 1.29 is 9.18 Å². The summed E-state index contributed by atoms with van der Waals surface area (Å²) in [5.41, 5.74) is 1.34. The maximum absolute atomic E-state index is 14.4. The molecule has 0 spiro atoms. The summed E-state index contributed by atoms with van der Waals surface area (Å²) < 4.78 is 14.4. The first-order valence-electron chi connectivity index (χ1n) is 6.51. The Hall–Kier alpha value is -1.22. The molecule has 0 bridgehead atoms. The Balaban J connectivity index is 2.08. The highest BCUT2D eigenvalue weighted by Gasteiger charge is 2.26. The van der Waals surface area contributed by atoms with Crippen LogP contribution in [0.25, 0.3) is 0 Å². The third-order valence-electron chi connectivity index (χ3n) is 3.71. The van der Waals surface area contributed by atoms with Crippen molar-refractivity contribution in [3.63, 3.8) is 0 Å². The van der Waals surface area contributed by atoms with Crippen molar-refractivity contribution in [1.29, 1.82) is 0 Å². The van der Waals surface area contributed by atoms with Gasteiger partial charge in [0.05, 0.1) is 0 Å². The Bertz CT molecular complexity index is 415. The van der Waals surface area contributed by atoms with Gasteiger partial charge in [-0.15, -0.1) is 0 Å². The van der Waals surface area contributed by atoms with Crippen LogP contribution < -0.4 is 0 Å². The van der Waals surface area contributed by atoms with E-state index >= 15 is 0 Å². The Kier molecular flexibility index (Phi) is 4.12. The van der Waals surface area contributed by atoms with Gasteiger partial charge in [-0.05, 0) is 38.9 Å². The van der Waals surface area contributed by atoms with Gasteiger partial charge in [-0.1, -0.05) is 24.3 Å². The molecule has 0 saturated carbocycles. The minimum absolute atomic E-state index is 0.0226. The fourth-order valence-corrected chi connectivity index (χ4v) is 2.62. The molecule has 2 rings (SSSR count). The molecule has 1 aromatic carbocycles. The SMILES string of the molecule is CC(=O)c1ccc(C(F)C2CCCN(C)C2)cc1. The van der Waals surface area contributed by atoms with Gasteiger partial charge in [-0.25, -0.2) is 4.39 Å². The van der Waals surface area contributed by atoms with Crippen molar-refractivity contribution >= 4 is 5.78 Å². The molecule has 0 radical (unpaired) electrons. The van der Waals surface area contributed by atoms with E-state index in [9.17, 15) is 9.18 Å². The molecule has 1 saturated heterocycles. The molecule has 1 aromatic rings. The molecule has 3 heteroatoms. The zero-order valence-corrected chi connectivity index (χ0v) is 11.0. The molecule has 0 aromatic heterocycles. The highest BCUT2D eigenvalue weighted by molar-refractivity contribution is 5.94. The van der Waals surface area contributed by atoms with E-state index in [1.165, 1.54) is 6.92 Å². The van der Waals surface area contributed by atoms with E-state index in [1.54, 1.807) is 24.3 Å². The fraction of sp³-hybridized carbons (Fsp3) is 0.533. The van der Waals surface area contributed by atoms with E-state index in [0.717, 1.165) is 25.9 Å². The number of carbonyl (C=O) groups excluding carboxylic acids is 1. The molecule has 1 aliphatic rings. The Labute approximate surface area is 108 Å². The van der Waals surface area contributed by atoms with Crippen molar-refractivity contribution in [3.05, 3.63) is 35.4 Å². The number of nitrogens with zero attached hydrogens (tertiary/aromatic N) is 1. The number of piperidine rings is 1. The van der Waals surface area contributed by atoms with Gasteiger partial charge in [0, 0.05) is 18.0 Å². The number of benzene rings is 1. The van der Waals surface area contributed by atoms with Gasteiger partial charge in [0.1, 0.15) is 6.17 Å². The van der Waals surface area contributed by atoms with Crippen molar-refractivity contribution in [3.8, 4) is 0 Å². The molecule has 0 aliphatic carbocycles. The van der Waals surface area contributed by atoms with Crippen LogP contribution in [0.3, 0.4) is 0 Å². The van der Waals surface area contributed by atoms with Crippen LogP contribution in [0.5, 0.6) is 0 Å². The summed E-state index contributed by atoms with van der Waals surface area (Å²) in [5.74, 6) is 0.0984. The van der Waals surface area contributed by atoms with Crippen molar-refractivity contribution in [2.75, 3.05) is 20.1 Å². The van der Waals surface area contributed by atoms with E-state index in [4.69, 9.17) is 0 Å². The summed E-state index contributed by atoms with van der Waals surface area (Å²) in [4.78, 5) is 13.4. The zero-order valence-electron chi connectivity index (χ0n) is 11.0. The van der Waals surface area contributed by atoms with Crippen molar-refractivity contribution in [2.24, 2.45) is 5.92 Å². The van der Waals surface area contributed by atoms with Crippen LogP contribution in [-0.2, 0) is 0 Å². The fourth-order valence-electron chi connectivity index (χ4n) is 2.62. The van der Waals surface area contributed by atoms with Gasteiger partial charge in [0.25, 0.3) is 0 Å². The predicted octanol–water partition coefficient (Wildman–Crippen LogP) is 3.24. The molecule has 1 heterocycles. The second-order valence-electron chi connectivity index (χ2n) is 5.24. The maximum atomic E-state index is 14.4. The Morgan fingerprint density at radius 2 is 2.06 bits per heavy atom.